The number of hydrazone groups is 1. The van der Waals surface area contributed by atoms with Gasteiger partial charge in [-0.1, -0.05) is 54.1 Å². The Morgan fingerprint density at radius 3 is 2.52 bits per heavy atom. The van der Waals surface area contributed by atoms with Crippen LogP contribution in [0, 0.1) is 0 Å². The first-order valence-electron chi connectivity index (χ1n) is 9.24. The Hall–Kier alpha value is -3.37. The Balaban J connectivity index is 1.51. The van der Waals surface area contributed by atoms with Crippen molar-refractivity contribution < 1.29 is 9.53 Å². The van der Waals surface area contributed by atoms with E-state index in [4.69, 9.17) is 16.3 Å². The van der Waals surface area contributed by atoms with Crippen molar-refractivity contribution in [2.24, 2.45) is 5.10 Å². The minimum atomic E-state index is -0.138. The zero-order valence-corrected chi connectivity index (χ0v) is 16.6. The Morgan fingerprint density at radius 1 is 1.00 bits per heavy atom. The largest absolute Gasteiger partial charge is 0.489 e. The van der Waals surface area contributed by atoms with Gasteiger partial charge in [-0.05, 0) is 60.5 Å². The standard InChI is InChI=1S/C24H19ClN2O2/c1-17-23(24(28)27(26-17)21-7-3-2-4-8-21)15-19-6-5-9-22(14-19)29-16-18-10-12-20(25)13-11-18/h2-15H,16H2,1H3/b23-15-. The van der Waals surface area contributed by atoms with Gasteiger partial charge in [-0.3, -0.25) is 4.79 Å². The lowest BCUT2D eigenvalue weighted by Gasteiger charge is -2.11. The molecule has 0 N–H and O–H groups in total. The Morgan fingerprint density at radius 2 is 1.76 bits per heavy atom. The molecule has 4 nitrogen and oxygen atoms in total. The minimum absolute atomic E-state index is 0.138. The van der Waals surface area contributed by atoms with Crippen LogP contribution in [0.2, 0.25) is 5.02 Å². The second kappa shape index (κ2) is 8.33. The van der Waals surface area contributed by atoms with Crippen molar-refractivity contribution in [1.29, 1.82) is 0 Å². The molecule has 1 aliphatic heterocycles. The van der Waals surface area contributed by atoms with Gasteiger partial charge in [0.05, 0.1) is 17.0 Å². The molecule has 5 heteroatoms. The topological polar surface area (TPSA) is 41.9 Å². The molecule has 1 aliphatic rings. The number of carbonyl (C=O) groups excluding carboxylic acids is 1. The number of halogens is 1. The monoisotopic (exact) mass is 402 g/mol. The quantitative estimate of drug-likeness (QED) is 0.512. The van der Waals surface area contributed by atoms with Gasteiger partial charge in [0.1, 0.15) is 12.4 Å². The highest BCUT2D eigenvalue weighted by molar-refractivity contribution is 6.32. The van der Waals surface area contributed by atoms with E-state index >= 15 is 0 Å². The van der Waals surface area contributed by atoms with Gasteiger partial charge in [0.15, 0.2) is 0 Å². The summed E-state index contributed by atoms with van der Waals surface area (Å²) in [6.45, 7) is 2.28. The summed E-state index contributed by atoms with van der Waals surface area (Å²) < 4.78 is 5.88. The van der Waals surface area contributed by atoms with Gasteiger partial charge in [-0.2, -0.15) is 10.1 Å². The van der Waals surface area contributed by atoms with E-state index in [1.807, 2.05) is 91.9 Å². The van der Waals surface area contributed by atoms with E-state index in [9.17, 15) is 4.79 Å². The van der Waals surface area contributed by atoms with Crippen LogP contribution in [0.25, 0.3) is 6.08 Å². The lowest BCUT2D eigenvalue weighted by molar-refractivity contribution is -0.114. The van der Waals surface area contributed by atoms with Crippen LogP contribution in [0.3, 0.4) is 0 Å². The van der Waals surface area contributed by atoms with Gasteiger partial charge in [-0.15, -0.1) is 0 Å². The maximum absolute atomic E-state index is 12.8. The van der Waals surface area contributed by atoms with Crippen LogP contribution in [0.5, 0.6) is 5.75 Å². The number of anilines is 1. The van der Waals surface area contributed by atoms with Crippen molar-refractivity contribution in [3.05, 3.63) is 101 Å². The van der Waals surface area contributed by atoms with Crippen LogP contribution in [-0.4, -0.2) is 11.6 Å². The van der Waals surface area contributed by atoms with Gasteiger partial charge in [0.2, 0.25) is 0 Å². The summed E-state index contributed by atoms with van der Waals surface area (Å²) in [6, 6.07) is 24.6. The van der Waals surface area contributed by atoms with Crippen LogP contribution in [0.4, 0.5) is 5.69 Å². The number of para-hydroxylation sites is 1. The molecule has 4 rings (SSSR count). The molecule has 0 aliphatic carbocycles. The lowest BCUT2D eigenvalue weighted by Crippen LogP contribution is -2.21. The lowest BCUT2D eigenvalue weighted by atomic mass is 10.1. The smallest absolute Gasteiger partial charge is 0.280 e. The summed E-state index contributed by atoms with van der Waals surface area (Å²) in [4.78, 5) is 12.8. The van der Waals surface area contributed by atoms with Gasteiger partial charge in [0.25, 0.3) is 5.91 Å². The molecule has 0 saturated heterocycles. The predicted octanol–water partition coefficient (Wildman–Crippen LogP) is 5.73. The van der Waals surface area contributed by atoms with Crippen molar-refractivity contribution >= 4 is 35.0 Å². The average Bonchev–Trinajstić information content (AvgIpc) is 3.03. The van der Waals surface area contributed by atoms with Crippen LogP contribution >= 0.6 is 11.6 Å². The summed E-state index contributed by atoms with van der Waals surface area (Å²) in [6.07, 6.45) is 1.85. The number of hydrogen-bond donors (Lipinski definition) is 0. The van der Waals surface area contributed by atoms with Crippen molar-refractivity contribution in [2.75, 3.05) is 5.01 Å². The first-order valence-corrected chi connectivity index (χ1v) is 9.62. The number of rotatable bonds is 5. The first kappa shape index (κ1) is 19.0. The van der Waals surface area contributed by atoms with Gasteiger partial charge in [0, 0.05) is 5.02 Å². The number of benzene rings is 3. The third kappa shape index (κ3) is 4.39. The van der Waals surface area contributed by atoms with Gasteiger partial charge < -0.3 is 4.74 Å². The predicted molar refractivity (Wildman–Crippen MR) is 117 cm³/mol. The average molecular weight is 403 g/mol. The molecule has 0 atom stereocenters. The summed E-state index contributed by atoms with van der Waals surface area (Å²) in [7, 11) is 0. The number of amides is 1. The van der Waals surface area contributed by atoms with Gasteiger partial charge in [-0.25, -0.2) is 0 Å². The highest BCUT2D eigenvalue weighted by atomic mass is 35.5. The van der Waals surface area contributed by atoms with Crippen LogP contribution in [0.15, 0.2) is 89.5 Å². The molecule has 0 unspecified atom stereocenters. The van der Waals surface area contributed by atoms with Gasteiger partial charge >= 0.3 is 0 Å². The van der Waals surface area contributed by atoms with Crippen LogP contribution < -0.4 is 9.75 Å². The summed E-state index contributed by atoms with van der Waals surface area (Å²) in [5.74, 6) is 0.593. The Bertz CT molecular complexity index is 1090. The summed E-state index contributed by atoms with van der Waals surface area (Å²) >= 11 is 5.92. The van der Waals surface area contributed by atoms with Crippen molar-refractivity contribution in [3.63, 3.8) is 0 Å². The summed E-state index contributed by atoms with van der Waals surface area (Å²) in [5.41, 5.74) is 3.92. The molecular formula is C24H19ClN2O2. The minimum Gasteiger partial charge on any atom is -0.489 e. The van der Waals surface area contributed by atoms with Crippen molar-refractivity contribution in [1.82, 2.24) is 0 Å². The van der Waals surface area contributed by atoms with Crippen molar-refractivity contribution in [2.45, 2.75) is 13.5 Å². The van der Waals surface area contributed by atoms with E-state index in [2.05, 4.69) is 5.10 Å². The maximum Gasteiger partial charge on any atom is 0.280 e. The van der Waals surface area contributed by atoms with Crippen LogP contribution in [0.1, 0.15) is 18.1 Å². The zero-order chi connectivity index (χ0) is 20.2. The molecule has 0 radical (unpaired) electrons. The Kier molecular flexibility index (Phi) is 5.45. The third-order valence-electron chi connectivity index (χ3n) is 4.55. The molecule has 3 aromatic rings. The first-order chi connectivity index (χ1) is 14.1. The highest BCUT2D eigenvalue weighted by Gasteiger charge is 2.28. The fraction of sp³-hybridized carbons (Fsp3) is 0.0833. The second-order valence-electron chi connectivity index (χ2n) is 6.68. The van der Waals surface area contributed by atoms with E-state index in [1.165, 1.54) is 5.01 Å². The number of hydrogen-bond acceptors (Lipinski definition) is 3. The molecule has 3 aromatic carbocycles. The van der Waals surface area contributed by atoms with E-state index < -0.39 is 0 Å². The fourth-order valence-corrected chi connectivity index (χ4v) is 3.16. The number of ether oxygens (including phenoxy) is 1. The Labute approximate surface area is 174 Å². The van der Waals surface area contributed by atoms with E-state index in [1.54, 1.807) is 0 Å². The highest BCUT2D eigenvalue weighted by Crippen LogP contribution is 2.25. The van der Waals surface area contributed by atoms with Crippen molar-refractivity contribution in [3.8, 4) is 5.75 Å². The van der Waals surface area contributed by atoms with E-state index in [-0.39, 0.29) is 5.91 Å². The SMILES string of the molecule is CC1=NN(c2ccccc2)C(=O)/C1=C\c1cccc(OCc2ccc(Cl)cc2)c1. The molecule has 1 heterocycles. The van der Waals surface area contributed by atoms with Crippen LogP contribution in [-0.2, 0) is 11.4 Å². The van der Waals surface area contributed by atoms with E-state index in [0.29, 0.717) is 22.9 Å². The number of nitrogens with zero attached hydrogens (tertiary/aromatic N) is 2. The molecular weight excluding hydrogens is 384 g/mol. The molecule has 0 fully saturated rings. The maximum atomic E-state index is 12.8. The molecule has 29 heavy (non-hydrogen) atoms. The zero-order valence-electron chi connectivity index (χ0n) is 15.9. The fourth-order valence-electron chi connectivity index (χ4n) is 3.04. The molecule has 0 bridgehead atoms. The van der Waals surface area contributed by atoms with E-state index in [0.717, 1.165) is 22.6 Å². The second-order valence-corrected chi connectivity index (χ2v) is 7.12. The molecule has 1 amide bonds. The third-order valence-corrected chi connectivity index (χ3v) is 4.80. The number of carbonyl (C=O) groups is 1. The molecule has 0 saturated carbocycles. The summed E-state index contributed by atoms with van der Waals surface area (Å²) in [5, 5.41) is 6.54. The normalized spacial score (nSPS) is 15.0. The molecule has 0 aromatic heterocycles. The molecule has 0 spiro atoms. The molecule has 144 valence electrons.